The van der Waals surface area contributed by atoms with E-state index in [9.17, 15) is 0 Å². The zero-order chi connectivity index (χ0) is 13.5. The van der Waals surface area contributed by atoms with Crippen molar-refractivity contribution in [3.8, 4) is 22.6 Å². The maximum absolute atomic E-state index is 4.59. The first kappa shape index (κ1) is 11.0. The average Bonchev–Trinajstić information content (AvgIpc) is 3.17. The first-order valence-electron chi connectivity index (χ1n) is 6.30. The Labute approximate surface area is 114 Å². The number of hydrogen-bond acceptors (Lipinski definition) is 3. The third-order valence-corrected chi connectivity index (χ3v) is 3.34. The Morgan fingerprint density at radius 1 is 1.10 bits per heavy atom. The lowest BCUT2D eigenvalue weighted by Crippen LogP contribution is -1.90. The van der Waals surface area contributed by atoms with Crippen LogP contribution in [0.2, 0.25) is 0 Å². The van der Waals surface area contributed by atoms with E-state index in [1.165, 1.54) is 0 Å². The zero-order valence-corrected chi connectivity index (χ0v) is 10.8. The number of benzene rings is 1. The van der Waals surface area contributed by atoms with Gasteiger partial charge in [-0.05, 0) is 0 Å². The summed E-state index contributed by atoms with van der Waals surface area (Å²) >= 11 is 0. The number of aromatic nitrogens is 6. The summed E-state index contributed by atoms with van der Waals surface area (Å²) in [6.45, 7) is 0. The Morgan fingerprint density at radius 2 is 1.95 bits per heavy atom. The average molecular weight is 264 g/mol. The fourth-order valence-corrected chi connectivity index (χ4v) is 2.33. The summed E-state index contributed by atoms with van der Waals surface area (Å²) in [5.74, 6) is 0.792. The molecule has 0 bridgehead atoms. The molecule has 3 aromatic heterocycles. The number of aryl methyl sites for hydroxylation is 1. The van der Waals surface area contributed by atoms with E-state index in [-0.39, 0.29) is 0 Å². The molecule has 4 rings (SSSR count). The van der Waals surface area contributed by atoms with Crippen LogP contribution in [0.1, 0.15) is 0 Å². The minimum absolute atomic E-state index is 0.792. The van der Waals surface area contributed by atoms with Crippen LogP contribution in [0.15, 0.2) is 42.7 Å². The maximum Gasteiger partial charge on any atom is 0.176 e. The molecule has 0 unspecified atom stereocenters. The molecule has 0 aliphatic rings. The van der Waals surface area contributed by atoms with Gasteiger partial charge in [-0.3, -0.25) is 5.10 Å². The molecule has 0 spiro atoms. The minimum Gasteiger partial charge on any atom is -0.335 e. The monoisotopic (exact) mass is 264 g/mol. The van der Waals surface area contributed by atoms with Gasteiger partial charge >= 0.3 is 0 Å². The predicted octanol–water partition coefficient (Wildman–Crippen LogP) is 2.35. The summed E-state index contributed by atoms with van der Waals surface area (Å²) in [6.07, 6.45) is 3.56. The van der Waals surface area contributed by atoms with Crippen molar-refractivity contribution < 1.29 is 0 Å². The second-order valence-electron chi connectivity index (χ2n) is 4.62. The number of nitrogens with zero attached hydrogens (tertiary/aromatic N) is 4. The second kappa shape index (κ2) is 4.06. The normalized spacial score (nSPS) is 11.2. The van der Waals surface area contributed by atoms with Gasteiger partial charge in [-0.15, -0.1) is 0 Å². The minimum atomic E-state index is 0.792. The summed E-state index contributed by atoms with van der Waals surface area (Å²) in [7, 11) is 1.88. The number of H-pyrrole nitrogens is 2. The molecule has 2 N–H and O–H groups in total. The Morgan fingerprint density at radius 3 is 2.75 bits per heavy atom. The number of fused-ring (bicyclic) bond motifs is 1. The van der Waals surface area contributed by atoms with E-state index in [1.54, 1.807) is 17.1 Å². The molecule has 3 heterocycles. The molecule has 98 valence electrons. The number of hydrogen-bond donors (Lipinski definition) is 2. The molecular formula is C14H12N6. The van der Waals surface area contributed by atoms with Crippen LogP contribution in [0.3, 0.4) is 0 Å². The van der Waals surface area contributed by atoms with Gasteiger partial charge in [0.15, 0.2) is 5.65 Å². The molecule has 0 saturated heterocycles. The Bertz CT molecular complexity index is 867. The first-order chi connectivity index (χ1) is 9.83. The van der Waals surface area contributed by atoms with Crippen molar-refractivity contribution >= 4 is 11.2 Å². The van der Waals surface area contributed by atoms with Gasteiger partial charge in [0.05, 0.1) is 23.7 Å². The van der Waals surface area contributed by atoms with Gasteiger partial charge in [-0.1, -0.05) is 30.3 Å². The summed E-state index contributed by atoms with van der Waals surface area (Å²) in [5, 5.41) is 11.3. The fourth-order valence-electron chi connectivity index (χ4n) is 2.33. The van der Waals surface area contributed by atoms with Crippen molar-refractivity contribution in [2.75, 3.05) is 0 Å². The van der Waals surface area contributed by atoms with Gasteiger partial charge in [-0.25, -0.2) is 9.67 Å². The van der Waals surface area contributed by atoms with E-state index in [0.717, 1.165) is 33.8 Å². The highest BCUT2D eigenvalue weighted by molar-refractivity contribution is 5.82. The topological polar surface area (TPSA) is 75.2 Å². The highest BCUT2D eigenvalue weighted by Gasteiger charge is 2.14. The predicted molar refractivity (Wildman–Crippen MR) is 75.9 cm³/mol. The first-order valence-corrected chi connectivity index (χ1v) is 6.30. The summed E-state index contributed by atoms with van der Waals surface area (Å²) in [5.41, 5.74) is 4.74. The Hall–Kier alpha value is -2.89. The highest BCUT2D eigenvalue weighted by Crippen LogP contribution is 2.29. The van der Waals surface area contributed by atoms with E-state index in [0.29, 0.717) is 0 Å². The molecule has 6 nitrogen and oxygen atoms in total. The van der Waals surface area contributed by atoms with E-state index in [4.69, 9.17) is 0 Å². The lowest BCUT2D eigenvalue weighted by molar-refractivity contribution is 0.787. The van der Waals surface area contributed by atoms with E-state index in [2.05, 4.69) is 25.3 Å². The van der Waals surface area contributed by atoms with Crippen LogP contribution in [0.25, 0.3) is 33.8 Å². The third-order valence-electron chi connectivity index (χ3n) is 3.34. The van der Waals surface area contributed by atoms with Gasteiger partial charge in [0.1, 0.15) is 11.3 Å². The molecule has 0 aliphatic heterocycles. The largest absolute Gasteiger partial charge is 0.335 e. The smallest absolute Gasteiger partial charge is 0.176 e. The van der Waals surface area contributed by atoms with Crippen LogP contribution in [-0.2, 0) is 7.05 Å². The number of rotatable bonds is 2. The van der Waals surface area contributed by atoms with E-state index >= 15 is 0 Å². The van der Waals surface area contributed by atoms with Gasteiger partial charge in [0, 0.05) is 12.6 Å². The van der Waals surface area contributed by atoms with Crippen LogP contribution < -0.4 is 0 Å². The fraction of sp³-hybridized carbons (Fsp3) is 0.0714. The lowest BCUT2D eigenvalue weighted by atomic mass is 10.1. The molecule has 20 heavy (non-hydrogen) atoms. The van der Waals surface area contributed by atoms with Crippen LogP contribution in [0.5, 0.6) is 0 Å². The molecular weight excluding hydrogens is 252 g/mol. The zero-order valence-electron chi connectivity index (χ0n) is 10.8. The molecule has 0 atom stereocenters. The van der Waals surface area contributed by atoms with Gasteiger partial charge in [0.2, 0.25) is 0 Å². The van der Waals surface area contributed by atoms with E-state index < -0.39 is 0 Å². The Kier molecular flexibility index (Phi) is 2.23. The Balaban J connectivity index is 1.89. The molecule has 0 amide bonds. The summed E-state index contributed by atoms with van der Waals surface area (Å²) in [4.78, 5) is 7.86. The molecule has 0 saturated carbocycles. The highest BCUT2D eigenvalue weighted by atomic mass is 15.3. The van der Waals surface area contributed by atoms with Crippen LogP contribution >= 0.6 is 0 Å². The summed E-state index contributed by atoms with van der Waals surface area (Å²) < 4.78 is 1.75. The molecule has 0 aliphatic carbocycles. The van der Waals surface area contributed by atoms with Crippen molar-refractivity contribution in [2.45, 2.75) is 0 Å². The molecule has 1 aromatic carbocycles. The standard InChI is InChI=1S/C14H12N6/c1-20-14-11(8-16-20)17-13(18-14)10-7-15-19-12(10)9-5-3-2-4-6-9/h2-8H,1H3,(H,15,19)(H,17,18). The number of aromatic amines is 2. The van der Waals surface area contributed by atoms with Crippen molar-refractivity contribution in [1.82, 2.24) is 29.9 Å². The number of nitrogens with one attached hydrogen (secondary N) is 2. The van der Waals surface area contributed by atoms with Crippen molar-refractivity contribution in [2.24, 2.45) is 7.05 Å². The number of imidazole rings is 1. The van der Waals surface area contributed by atoms with E-state index in [1.807, 2.05) is 37.4 Å². The molecule has 4 aromatic rings. The molecule has 0 radical (unpaired) electrons. The summed E-state index contributed by atoms with van der Waals surface area (Å²) in [6, 6.07) is 10.1. The van der Waals surface area contributed by atoms with Crippen LogP contribution in [-0.4, -0.2) is 29.9 Å². The van der Waals surface area contributed by atoms with Crippen molar-refractivity contribution in [3.05, 3.63) is 42.7 Å². The van der Waals surface area contributed by atoms with Crippen LogP contribution in [0, 0.1) is 0 Å². The van der Waals surface area contributed by atoms with Crippen molar-refractivity contribution in [1.29, 1.82) is 0 Å². The quantitative estimate of drug-likeness (QED) is 0.583. The lowest BCUT2D eigenvalue weighted by Gasteiger charge is -2.00. The molecule has 0 fully saturated rings. The van der Waals surface area contributed by atoms with Gasteiger partial charge < -0.3 is 4.98 Å². The van der Waals surface area contributed by atoms with Gasteiger partial charge in [-0.2, -0.15) is 10.2 Å². The van der Waals surface area contributed by atoms with Gasteiger partial charge in [0.25, 0.3) is 0 Å². The maximum atomic E-state index is 4.59. The second-order valence-corrected chi connectivity index (χ2v) is 4.62. The molecule has 6 heteroatoms. The van der Waals surface area contributed by atoms with Crippen LogP contribution in [0.4, 0.5) is 0 Å². The third kappa shape index (κ3) is 1.55. The SMILES string of the molecule is Cn1ncc2[nH]c(-c3cn[nH]c3-c3ccccc3)nc21. The van der Waals surface area contributed by atoms with Crippen molar-refractivity contribution in [3.63, 3.8) is 0 Å².